The highest BCUT2D eigenvalue weighted by atomic mass is 35.5. The van der Waals surface area contributed by atoms with E-state index in [0.29, 0.717) is 27.6 Å². The number of hydrogen-bond acceptors (Lipinski definition) is 5. The van der Waals surface area contributed by atoms with E-state index in [1.807, 2.05) is 13.8 Å². The van der Waals surface area contributed by atoms with E-state index in [4.69, 9.17) is 21.1 Å². The van der Waals surface area contributed by atoms with Gasteiger partial charge in [-0.05, 0) is 42.3 Å². The first-order valence-corrected chi connectivity index (χ1v) is 9.35. The second-order valence-electron chi connectivity index (χ2n) is 6.52. The monoisotopic (exact) mass is 417 g/mol. The van der Waals surface area contributed by atoms with Gasteiger partial charge in [-0.1, -0.05) is 31.5 Å². The molecule has 0 saturated carbocycles. The first-order valence-electron chi connectivity index (χ1n) is 8.97. The lowest BCUT2D eigenvalue weighted by Gasteiger charge is -2.20. The number of carbonyl (C=O) groups excluding carboxylic acids is 2. The van der Waals surface area contributed by atoms with Crippen LogP contribution in [0.3, 0.4) is 0 Å². The van der Waals surface area contributed by atoms with E-state index in [0.717, 1.165) is 0 Å². The Morgan fingerprint density at radius 1 is 1.07 bits per heavy atom. The number of nitrogens with zero attached hydrogens (tertiary/aromatic N) is 1. The summed E-state index contributed by atoms with van der Waals surface area (Å²) in [5.74, 6) is 0.115. The van der Waals surface area contributed by atoms with Crippen LogP contribution in [0.5, 0.6) is 11.5 Å². The number of hydrogen-bond donors (Lipinski definition) is 2. The lowest BCUT2D eigenvalue weighted by Crippen LogP contribution is -2.48. The van der Waals surface area contributed by atoms with Gasteiger partial charge in [0.25, 0.3) is 11.8 Å². The molecular formula is C21H24ClN3O4. The molecule has 0 fully saturated rings. The zero-order valence-corrected chi connectivity index (χ0v) is 17.5. The molecule has 8 heteroatoms. The summed E-state index contributed by atoms with van der Waals surface area (Å²) in [5.41, 5.74) is 3.52. The van der Waals surface area contributed by atoms with Crippen molar-refractivity contribution in [3.63, 3.8) is 0 Å². The second-order valence-corrected chi connectivity index (χ2v) is 6.96. The van der Waals surface area contributed by atoms with Crippen LogP contribution < -0.4 is 20.2 Å². The van der Waals surface area contributed by atoms with E-state index >= 15 is 0 Å². The Morgan fingerprint density at radius 3 is 2.34 bits per heavy atom. The van der Waals surface area contributed by atoms with Crippen LogP contribution in [0.1, 0.15) is 29.8 Å². The summed E-state index contributed by atoms with van der Waals surface area (Å²) in [6, 6.07) is 11.0. The van der Waals surface area contributed by atoms with Crippen LogP contribution in [0.25, 0.3) is 0 Å². The zero-order valence-electron chi connectivity index (χ0n) is 16.7. The fraction of sp³-hybridized carbons (Fsp3) is 0.286. The van der Waals surface area contributed by atoms with Crippen molar-refractivity contribution in [2.45, 2.75) is 19.9 Å². The summed E-state index contributed by atoms with van der Waals surface area (Å²) < 4.78 is 10.6. The predicted octanol–water partition coefficient (Wildman–Crippen LogP) is 3.26. The minimum atomic E-state index is -0.762. The molecule has 1 unspecified atom stereocenters. The molecule has 0 aromatic heterocycles. The quantitative estimate of drug-likeness (QED) is 0.509. The van der Waals surface area contributed by atoms with Crippen molar-refractivity contribution in [2.75, 3.05) is 14.2 Å². The van der Waals surface area contributed by atoms with Gasteiger partial charge in [0.05, 0.1) is 20.4 Å². The number of nitrogens with one attached hydrogen (secondary N) is 2. The molecule has 2 N–H and O–H groups in total. The maximum absolute atomic E-state index is 12.6. The lowest BCUT2D eigenvalue weighted by molar-refractivity contribution is -0.123. The number of halogens is 1. The Balaban J connectivity index is 2.07. The molecule has 7 nitrogen and oxygen atoms in total. The van der Waals surface area contributed by atoms with Crippen molar-refractivity contribution in [3.8, 4) is 11.5 Å². The summed E-state index contributed by atoms with van der Waals surface area (Å²) in [4.78, 5) is 25.0. The first kappa shape index (κ1) is 22.2. The second kappa shape index (κ2) is 10.5. The minimum absolute atomic E-state index is 0.146. The molecule has 29 heavy (non-hydrogen) atoms. The van der Waals surface area contributed by atoms with Crippen molar-refractivity contribution < 1.29 is 19.1 Å². The highest BCUT2D eigenvalue weighted by Gasteiger charge is 2.24. The van der Waals surface area contributed by atoms with E-state index in [-0.39, 0.29) is 11.8 Å². The topological polar surface area (TPSA) is 89.0 Å². The fourth-order valence-corrected chi connectivity index (χ4v) is 2.74. The minimum Gasteiger partial charge on any atom is -0.493 e. The third-order valence-electron chi connectivity index (χ3n) is 4.15. The number of hydrazone groups is 1. The lowest BCUT2D eigenvalue weighted by atomic mass is 10.0. The third kappa shape index (κ3) is 5.96. The Labute approximate surface area is 175 Å². The first-order chi connectivity index (χ1) is 13.9. The van der Waals surface area contributed by atoms with Crippen LogP contribution in [-0.2, 0) is 4.79 Å². The molecule has 2 rings (SSSR count). The average Bonchev–Trinajstić information content (AvgIpc) is 2.71. The summed E-state index contributed by atoms with van der Waals surface area (Å²) in [6.45, 7) is 3.67. The molecule has 0 spiro atoms. The molecule has 0 aliphatic heterocycles. The Bertz CT molecular complexity index is 882. The standard InChI is InChI=1S/C21H24ClN3O4/c1-13(2)18(24-20(26)14-8-10-16(22)11-9-14)21(27)25-23-12-15-6-5-7-17(28-3)19(15)29-4/h5-13,18H,1-4H3,(H,24,26)(H,25,27). The van der Waals surface area contributed by atoms with Crippen molar-refractivity contribution in [2.24, 2.45) is 11.0 Å². The van der Waals surface area contributed by atoms with Gasteiger partial charge in [-0.15, -0.1) is 0 Å². The van der Waals surface area contributed by atoms with Gasteiger partial charge >= 0.3 is 0 Å². The summed E-state index contributed by atoms with van der Waals surface area (Å²) in [6.07, 6.45) is 1.46. The average molecular weight is 418 g/mol. The van der Waals surface area contributed by atoms with E-state index in [2.05, 4.69) is 15.8 Å². The number of benzene rings is 2. The van der Waals surface area contributed by atoms with Crippen LogP contribution in [-0.4, -0.2) is 38.3 Å². The van der Waals surface area contributed by atoms with E-state index in [9.17, 15) is 9.59 Å². The molecule has 0 aliphatic carbocycles. The smallest absolute Gasteiger partial charge is 0.262 e. The maximum atomic E-state index is 12.6. The predicted molar refractivity (Wildman–Crippen MR) is 113 cm³/mol. The van der Waals surface area contributed by atoms with Gasteiger partial charge in [0.2, 0.25) is 0 Å². The van der Waals surface area contributed by atoms with Crippen LogP contribution in [0.2, 0.25) is 5.02 Å². The molecule has 0 saturated heterocycles. The molecule has 1 atom stereocenters. The van der Waals surface area contributed by atoms with Crippen LogP contribution >= 0.6 is 11.6 Å². The third-order valence-corrected chi connectivity index (χ3v) is 4.41. The van der Waals surface area contributed by atoms with Crippen molar-refractivity contribution in [1.29, 1.82) is 0 Å². The van der Waals surface area contributed by atoms with Crippen molar-refractivity contribution in [3.05, 3.63) is 58.6 Å². The number of methoxy groups -OCH3 is 2. The van der Waals surface area contributed by atoms with E-state index in [1.165, 1.54) is 20.4 Å². The van der Waals surface area contributed by atoms with Crippen molar-refractivity contribution in [1.82, 2.24) is 10.7 Å². The van der Waals surface area contributed by atoms with Crippen LogP contribution in [0, 0.1) is 5.92 Å². The highest BCUT2D eigenvalue weighted by Crippen LogP contribution is 2.29. The highest BCUT2D eigenvalue weighted by molar-refractivity contribution is 6.30. The largest absolute Gasteiger partial charge is 0.493 e. The molecule has 0 aliphatic rings. The van der Waals surface area contributed by atoms with Crippen LogP contribution in [0.4, 0.5) is 0 Å². The van der Waals surface area contributed by atoms with Gasteiger partial charge in [0, 0.05) is 16.1 Å². The summed E-state index contributed by atoms with van der Waals surface area (Å²) >= 11 is 5.84. The molecule has 2 aromatic carbocycles. The number of para-hydroxylation sites is 1. The van der Waals surface area contributed by atoms with E-state index < -0.39 is 11.9 Å². The number of ether oxygens (including phenoxy) is 2. The maximum Gasteiger partial charge on any atom is 0.262 e. The SMILES string of the molecule is COc1cccc(C=NNC(=O)C(NC(=O)c2ccc(Cl)cc2)C(C)C)c1OC. The summed E-state index contributed by atoms with van der Waals surface area (Å²) in [5, 5.41) is 7.25. The normalized spacial score (nSPS) is 11.9. The van der Waals surface area contributed by atoms with Gasteiger partial charge in [0.1, 0.15) is 6.04 Å². The molecule has 0 heterocycles. The summed E-state index contributed by atoms with van der Waals surface area (Å²) in [7, 11) is 3.06. The molecule has 0 radical (unpaired) electrons. The fourth-order valence-electron chi connectivity index (χ4n) is 2.61. The molecule has 154 valence electrons. The number of carbonyl (C=O) groups is 2. The molecule has 2 amide bonds. The molecule has 2 aromatic rings. The van der Waals surface area contributed by atoms with Gasteiger partial charge < -0.3 is 14.8 Å². The van der Waals surface area contributed by atoms with Gasteiger partial charge in [-0.25, -0.2) is 5.43 Å². The van der Waals surface area contributed by atoms with Gasteiger partial charge in [-0.3, -0.25) is 9.59 Å². The van der Waals surface area contributed by atoms with E-state index in [1.54, 1.807) is 42.5 Å². The van der Waals surface area contributed by atoms with Crippen LogP contribution in [0.15, 0.2) is 47.6 Å². The van der Waals surface area contributed by atoms with Gasteiger partial charge in [-0.2, -0.15) is 5.10 Å². The number of amides is 2. The van der Waals surface area contributed by atoms with Crippen molar-refractivity contribution >= 4 is 29.6 Å². The Morgan fingerprint density at radius 2 is 1.76 bits per heavy atom. The zero-order chi connectivity index (χ0) is 21.4. The van der Waals surface area contributed by atoms with Gasteiger partial charge in [0.15, 0.2) is 11.5 Å². The Hall–Kier alpha value is -3.06. The molecular weight excluding hydrogens is 394 g/mol. The molecule has 0 bridgehead atoms. The Kier molecular flexibility index (Phi) is 8.03. The number of rotatable bonds is 8.